The first-order valence-corrected chi connectivity index (χ1v) is 9.86. The van der Waals surface area contributed by atoms with E-state index < -0.39 is 0 Å². The minimum Gasteiger partial charge on any atom is -0.337 e. The Kier molecular flexibility index (Phi) is 6.78. The van der Waals surface area contributed by atoms with Gasteiger partial charge in [-0.25, -0.2) is 9.18 Å². The van der Waals surface area contributed by atoms with Crippen LogP contribution in [0, 0.1) is 5.82 Å². The first-order chi connectivity index (χ1) is 13.1. The lowest BCUT2D eigenvalue weighted by molar-refractivity contribution is 0.0640. The average Bonchev–Trinajstić information content (AvgIpc) is 3.22. The Morgan fingerprint density at radius 3 is 2.44 bits per heavy atom. The topological polar surface area (TPSA) is 64.7 Å². The van der Waals surface area contributed by atoms with E-state index >= 15 is 0 Å². The van der Waals surface area contributed by atoms with Crippen molar-refractivity contribution < 1.29 is 14.0 Å². The van der Waals surface area contributed by atoms with Crippen LogP contribution in [0.2, 0.25) is 0 Å². The van der Waals surface area contributed by atoms with E-state index in [0.717, 1.165) is 30.8 Å². The van der Waals surface area contributed by atoms with Crippen LogP contribution < -0.4 is 10.6 Å². The highest BCUT2D eigenvalue weighted by Crippen LogP contribution is 2.11. The minimum atomic E-state index is -0.291. The molecule has 1 saturated heterocycles. The largest absolute Gasteiger partial charge is 0.337 e. The summed E-state index contributed by atoms with van der Waals surface area (Å²) >= 11 is 1.53. The Morgan fingerprint density at radius 2 is 1.78 bits per heavy atom. The van der Waals surface area contributed by atoms with Gasteiger partial charge in [0.2, 0.25) is 0 Å². The molecule has 0 atom stereocenters. The summed E-state index contributed by atoms with van der Waals surface area (Å²) < 4.78 is 12.8. The fraction of sp³-hybridized carbons (Fsp3) is 0.368. The highest BCUT2D eigenvalue weighted by atomic mass is 32.1. The van der Waals surface area contributed by atoms with Crippen molar-refractivity contribution in [1.29, 1.82) is 0 Å². The van der Waals surface area contributed by atoms with Crippen molar-refractivity contribution in [2.24, 2.45) is 0 Å². The van der Waals surface area contributed by atoms with Gasteiger partial charge in [0.15, 0.2) is 0 Å². The van der Waals surface area contributed by atoms with Gasteiger partial charge in [-0.05, 0) is 29.1 Å². The van der Waals surface area contributed by atoms with Gasteiger partial charge in [-0.2, -0.15) is 11.3 Å². The summed E-state index contributed by atoms with van der Waals surface area (Å²) in [6.07, 6.45) is 0. The number of hydrogen-bond acceptors (Lipinski definition) is 4. The van der Waals surface area contributed by atoms with E-state index in [0.29, 0.717) is 26.2 Å². The Morgan fingerprint density at radius 1 is 1.04 bits per heavy atom. The maximum absolute atomic E-state index is 12.8. The third kappa shape index (κ3) is 5.77. The van der Waals surface area contributed by atoms with E-state index in [1.165, 1.54) is 23.5 Å². The van der Waals surface area contributed by atoms with E-state index in [9.17, 15) is 14.0 Å². The van der Waals surface area contributed by atoms with Crippen molar-refractivity contribution in [3.63, 3.8) is 0 Å². The Bertz CT molecular complexity index is 744. The summed E-state index contributed by atoms with van der Waals surface area (Å²) in [6, 6.07) is 7.65. The summed E-state index contributed by atoms with van der Waals surface area (Å²) in [7, 11) is 0. The molecule has 1 aliphatic heterocycles. The zero-order valence-electron chi connectivity index (χ0n) is 15.0. The van der Waals surface area contributed by atoms with E-state index in [-0.39, 0.29) is 17.8 Å². The fourth-order valence-corrected chi connectivity index (χ4v) is 3.55. The fourth-order valence-electron chi connectivity index (χ4n) is 2.92. The van der Waals surface area contributed by atoms with Gasteiger partial charge in [0.1, 0.15) is 5.82 Å². The lowest BCUT2D eigenvalue weighted by Gasteiger charge is -2.34. The molecule has 0 unspecified atom stereocenters. The van der Waals surface area contributed by atoms with Gasteiger partial charge < -0.3 is 15.5 Å². The molecule has 8 heteroatoms. The Balaban J connectivity index is 1.30. The van der Waals surface area contributed by atoms with Crippen LogP contribution in [-0.4, -0.2) is 61.0 Å². The van der Waals surface area contributed by atoms with Gasteiger partial charge in [0.05, 0.1) is 5.56 Å². The smallest absolute Gasteiger partial charge is 0.315 e. The molecule has 0 spiro atoms. The second-order valence-electron chi connectivity index (χ2n) is 6.38. The van der Waals surface area contributed by atoms with Gasteiger partial charge >= 0.3 is 6.03 Å². The van der Waals surface area contributed by atoms with Crippen molar-refractivity contribution >= 4 is 23.3 Å². The molecule has 27 heavy (non-hydrogen) atoms. The minimum absolute atomic E-state index is 0.0918. The van der Waals surface area contributed by atoms with Crippen molar-refractivity contribution in [2.45, 2.75) is 6.54 Å². The van der Waals surface area contributed by atoms with Gasteiger partial charge in [-0.15, -0.1) is 0 Å². The highest BCUT2D eigenvalue weighted by Gasteiger charge is 2.22. The number of rotatable bonds is 6. The number of amides is 3. The number of carbonyl (C=O) groups excluding carboxylic acids is 2. The molecule has 1 fully saturated rings. The van der Waals surface area contributed by atoms with Gasteiger partial charge in [-0.1, -0.05) is 12.1 Å². The monoisotopic (exact) mass is 390 g/mol. The molecule has 1 aromatic carbocycles. The molecule has 3 rings (SSSR count). The van der Waals surface area contributed by atoms with Crippen LogP contribution in [0.15, 0.2) is 41.1 Å². The zero-order valence-corrected chi connectivity index (χ0v) is 15.8. The molecule has 2 N–H and O–H groups in total. The number of piperazine rings is 1. The predicted molar refractivity (Wildman–Crippen MR) is 103 cm³/mol. The Hall–Kier alpha value is -2.45. The summed E-state index contributed by atoms with van der Waals surface area (Å²) in [4.78, 5) is 28.2. The SMILES string of the molecule is O=C(NCCN1CCN(C(=O)c2ccsc2)CC1)NCc1ccc(F)cc1. The molecular formula is C19H23FN4O2S. The summed E-state index contributed by atoms with van der Waals surface area (Å²) in [5.41, 5.74) is 1.60. The predicted octanol–water partition coefficient (Wildman–Crippen LogP) is 2.14. The number of carbonyl (C=O) groups is 2. The molecule has 3 amide bonds. The molecule has 0 bridgehead atoms. The molecule has 1 aromatic heterocycles. The third-order valence-corrected chi connectivity index (χ3v) is 5.19. The summed E-state index contributed by atoms with van der Waals surface area (Å²) in [5.74, 6) is -0.200. The second-order valence-corrected chi connectivity index (χ2v) is 7.16. The third-order valence-electron chi connectivity index (χ3n) is 4.51. The van der Waals surface area contributed by atoms with Gasteiger partial charge in [0.25, 0.3) is 5.91 Å². The average molecular weight is 390 g/mol. The van der Waals surface area contributed by atoms with E-state index in [2.05, 4.69) is 15.5 Å². The maximum atomic E-state index is 12.8. The van der Waals surface area contributed by atoms with Gasteiger partial charge in [0, 0.05) is 51.2 Å². The molecule has 0 radical (unpaired) electrons. The lowest BCUT2D eigenvalue weighted by Crippen LogP contribution is -2.50. The van der Waals surface area contributed by atoms with E-state index in [1.807, 2.05) is 21.7 Å². The molecule has 2 heterocycles. The first-order valence-electron chi connectivity index (χ1n) is 8.92. The number of halogens is 1. The number of benzene rings is 1. The highest BCUT2D eigenvalue weighted by molar-refractivity contribution is 7.08. The van der Waals surface area contributed by atoms with Crippen LogP contribution >= 0.6 is 11.3 Å². The van der Waals surface area contributed by atoms with Crippen LogP contribution in [0.25, 0.3) is 0 Å². The molecular weight excluding hydrogens is 367 g/mol. The van der Waals surface area contributed by atoms with Crippen molar-refractivity contribution in [3.05, 3.63) is 58.0 Å². The number of hydrogen-bond donors (Lipinski definition) is 2. The van der Waals surface area contributed by atoms with Crippen molar-refractivity contribution in [3.8, 4) is 0 Å². The molecule has 1 aliphatic rings. The second kappa shape index (κ2) is 9.48. The van der Waals surface area contributed by atoms with Crippen molar-refractivity contribution in [1.82, 2.24) is 20.4 Å². The number of nitrogens with zero attached hydrogens (tertiary/aromatic N) is 2. The van der Waals surface area contributed by atoms with E-state index in [1.54, 1.807) is 12.1 Å². The standard InChI is InChI=1S/C19H23FN4O2S/c20-17-3-1-15(2-4-17)13-22-19(26)21-6-7-23-8-10-24(11-9-23)18(25)16-5-12-27-14-16/h1-5,12,14H,6-11,13H2,(H2,21,22,26). The molecule has 144 valence electrons. The van der Waals surface area contributed by atoms with E-state index in [4.69, 9.17) is 0 Å². The number of nitrogens with one attached hydrogen (secondary N) is 2. The number of urea groups is 1. The summed E-state index contributed by atoms with van der Waals surface area (Å²) in [6.45, 7) is 4.63. The van der Waals surface area contributed by atoms with Crippen LogP contribution in [0.5, 0.6) is 0 Å². The molecule has 6 nitrogen and oxygen atoms in total. The molecule has 2 aromatic rings. The van der Waals surface area contributed by atoms with Crippen LogP contribution in [0.1, 0.15) is 15.9 Å². The summed E-state index contributed by atoms with van der Waals surface area (Å²) in [5, 5.41) is 9.36. The van der Waals surface area contributed by atoms with Crippen LogP contribution in [-0.2, 0) is 6.54 Å². The lowest BCUT2D eigenvalue weighted by atomic mass is 10.2. The van der Waals surface area contributed by atoms with Crippen LogP contribution in [0.4, 0.5) is 9.18 Å². The van der Waals surface area contributed by atoms with Gasteiger partial charge in [-0.3, -0.25) is 9.69 Å². The first kappa shape index (κ1) is 19.3. The molecule has 0 saturated carbocycles. The quantitative estimate of drug-likeness (QED) is 0.794. The van der Waals surface area contributed by atoms with Crippen molar-refractivity contribution in [2.75, 3.05) is 39.3 Å². The molecule has 0 aliphatic carbocycles. The van der Waals surface area contributed by atoms with Crippen LogP contribution in [0.3, 0.4) is 0 Å². The normalized spacial score (nSPS) is 14.8. The Labute approximate surface area is 162 Å². The maximum Gasteiger partial charge on any atom is 0.315 e. The number of thiophene rings is 1. The zero-order chi connectivity index (χ0) is 19.1.